The Morgan fingerprint density at radius 3 is 2.65 bits per heavy atom. The van der Waals surface area contributed by atoms with Gasteiger partial charge < -0.3 is 20.5 Å². The molecule has 2 atom stereocenters. The van der Waals surface area contributed by atoms with Crippen molar-refractivity contribution in [1.82, 2.24) is 0 Å². The second-order valence-electron chi connectivity index (χ2n) is 4.53. The number of benzene rings is 1. The highest BCUT2D eigenvalue weighted by Crippen LogP contribution is 2.20. The minimum atomic E-state index is -0.0899. The quantitative estimate of drug-likeness (QED) is 0.812. The number of aliphatic hydroxyl groups excluding tert-OH is 1. The average Bonchev–Trinajstić information content (AvgIpc) is 2.38. The Labute approximate surface area is 102 Å². The third-order valence-corrected chi connectivity index (χ3v) is 3.07. The average molecular weight is 236 g/mol. The molecule has 1 fully saturated rings. The molecule has 1 aliphatic rings. The standard InChI is InChI=1S/C13H20N2O2/c1-10-7-15(8-13(9-16)17-10)12-4-2-11(6-14)3-5-12/h2-5,10,13,16H,6-9,14H2,1H3. The number of nitrogens with two attached hydrogens (primary N) is 1. The molecular formula is C13H20N2O2. The maximum absolute atomic E-state index is 9.19. The molecule has 0 amide bonds. The second-order valence-corrected chi connectivity index (χ2v) is 4.53. The zero-order chi connectivity index (χ0) is 12.3. The summed E-state index contributed by atoms with van der Waals surface area (Å²) in [5, 5.41) is 9.19. The van der Waals surface area contributed by atoms with Crippen LogP contribution in [0, 0.1) is 0 Å². The van der Waals surface area contributed by atoms with Crippen molar-refractivity contribution in [2.24, 2.45) is 5.73 Å². The minimum Gasteiger partial charge on any atom is -0.394 e. The van der Waals surface area contributed by atoms with E-state index in [1.165, 1.54) is 0 Å². The molecular weight excluding hydrogens is 216 g/mol. The number of hydrogen-bond donors (Lipinski definition) is 2. The predicted octanol–water partition coefficient (Wildman–Crippen LogP) is 0.731. The van der Waals surface area contributed by atoms with E-state index in [1.54, 1.807) is 0 Å². The molecule has 2 rings (SSSR count). The van der Waals surface area contributed by atoms with Crippen LogP contribution in [0.2, 0.25) is 0 Å². The van der Waals surface area contributed by atoms with Gasteiger partial charge in [0.15, 0.2) is 0 Å². The van der Waals surface area contributed by atoms with Crippen molar-refractivity contribution in [3.8, 4) is 0 Å². The number of anilines is 1. The first-order valence-corrected chi connectivity index (χ1v) is 6.03. The van der Waals surface area contributed by atoms with E-state index in [0.29, 0.717) is 6.54 Å². The summed E-state index contributed by atoms with van der Waals surface area (Å²) in [5.41, 5.74) is 7.87. The smallest absolute Gasteiger partial charge is 0.0984 e. The van der Waals surface area contributed by atoms with Crippen molar-refractivity contribution < 1.29 is 9.84 Å². The number of hydrogen-bond acceptors (Lipinski definition) is 4. The lowest BCUT2D eigenvalue weighted by molar-refractivity contribution is -0.0421. The molecule has 1 aromatic carbocycles. The van der Waals surface area contributed by atoms with Gasteiger partial charge in [0.2, 0.25) is 0 Å². The first kappa shape index (κ1) is 12.4. The zero-order valence-electron chi connectivity index (χ0n) is 10.2. The van der Waals surface area contributed by atoms with Gasteiger partial charge in [0.1, 0.15) is 0 Å². The number of morpholine rings is 1. The van der Waals surface area contributed by atoms with E-state index in [2.05, 4.69) is 17.0 Å². The maximum atomic E-state index is 9.19. The molecule has 0 spiro atoms. The van der Waals surface area contributed by atoms with Crippen LogP contribution in [0.3, 0.4) is 0 Å². The first-order valence-electron chi connectivity index (χ1n) is 6.03. The Hall–Kier alpha value is -1.10. The molecule has 0 aromatic heterocycles. The van der Waals surface area contributed by atoms with Gasteiger partial charge in [0.05, 0.1) is 18.8 Å². The first-order chi connectivity index (χ1) is 8.22. The SMILES string of the molecule is CC1CN(c2ccc(CN)cc2)CC(CO)O1. The summed E-state index contributed by atoms with van der Waals surface area (Å²) >= 11 is 0. The van der Waals surface area contributed by atoms with Crippen molar-refractivity contribution in [1.29, 1.82) is 0 Å². The summed E-state index contributed by atoms with van der Waals surface area (Å²) in [6.45, 7) is 4.27. The van der Waals surface area contributed by atoms with Gasteiger partial charge in [-0.15, -0.1) is 0 Å². The second kappa shape index (κ2) is 5.49. The van der Waals surface area contributed by atoms with Gasteiger partial charge in [-0.1, -0.05) is 12.1 Å². The maximum Gasteiger partial charge on any atom is 0.0984 e. The molecule has 0 saturated carbocycles. The van der Waals surface area contributed by atoms with E-state index in [9.17, 15) is 5.11 Å². The third kappa shape index (κ3) is 2.97. The van der Waals surface area contributed by atoms with Gasteiger partial charge in [-0.05, 0) is 24.6 Å². The number of nitrogens with zero attached hydrogens (tertiary/aromatic N) is 1. The molecule has 1 heterocycles. The van der Waals surface area contributed by atoms with Crippen LogP contribution in [-0.4, -0.2) is 37.0 Å². The molecule has 1 saturated heterocycles. The van der Waals surface area contributed by atoms with Gasteiger partial charge in [-0.2, -0.15) is 0 Å². The van der Waals surface area contributed by atoms with Crippen LogP contribution in [0.4, 0.5) is 5.69 Å². The van der Waals surface area contributed by atoms with Crippen LogP contribution < -0.4 is 10.6 Å². The summed E-state index contributed by atoms with van der Waals surface area (Å²) in [5.74, 6) is 0. The van der Waals surface area contributed by atoms with Crippen molar-refractivity contribution in [3.05, 3.63) is 29.8 Å². The fourth-order valence-electron chi connectivity index (χ4n) is 2.20. The van der Waals surface area contributed by atoms with Crippen LogP contribution >= 0.6 is 0 Å². The molecule has 1 aliphatic heterocycles. The molecule has 1 aromatic rings. The summed E-state index contributed by atoms with van der Waals surface area (Å²) in [4.78, 5) is 2.25. The Bertz CT molecular complexity index is 353. The highest BCUT2D eigenvalue weighted by Gasteiger charge is 2.24. The molecule has 4 heteroatoms. The normalized spacial score (nSPS) is 25.0. The Kier molecular flexibility index (Phi) is 3.99. The van der Waals surface area contributed by atoms with E-state index in [1.807, 2.05) is 19.1 Å². The fourth-order valence-corrected chi connectivity index (χ4v) is 2.20. The van der Waals surface area contributed by atoms with E-state index in [0.717, 1.165) is 24.3 Å². The highest BCUT2D eigenvalue weighted by molar-refractivity contribution is 5.48. The van der Waals surface area contributed by atoms with E-state index in [4.69, 9.17) is 10.5 Å². The lowest BCUT2D eigenvalue weighted by Crippen LogP contribution is -2.48. The number of rotatable bonds is 3. The summed E-state index contributed by atoms with van der Waals surface area (Å²) < 4.78 is 5.62. The number of aliphatic hydroxyl groups is 1. The fraction of sp³-hybridized carbons (Fsp3) is 0.538. The third-order valence-electron chi connectivity index (χ3n) is 3.07. The Balaban J connectivity index is 2.09. The molecule has 0 bridgehead atoms. The molecule has 0 radical (unpaired) electrons. The highest BCUT2D eigenvalue weighted by atomic mass is 16.5. The van der Waals surface area contributed by atoms with Crippen molar-refractivity contribution >= 4 is 5.69 Å². The Morgan fingerprint density at radius 1 is 1.35 bits per heavy atom. The molecule has 4 nitrogen and oxygen atoms in total. The van der Waals surface area contributed by atoms with Gasteiger partial charge in [-0.3, -0.25) is 0 Å². The van der Waals surface area contributed by atoms with E-state index < -0.39 is 0 Å². The Morgan fingerprint density at radius 2 is 2.06 bits per heavy atom. The molecule has 17 heavy (non-hydrogen) atoms. The molecule has 2 unspecified atom stereocenters. The lowest BCUT2D eigenvalue weighted by atomic mass is 10.1. The summed E-state index contributed by atoms with van der Waals surface area (Å²) in [6.07, 6.45) is 0.0584. The van der Waals surface area contributed by atoms with Gasteiger partial charge in [-0.25, -0.2) is 0 Å². The number of ether oxygens (including phenoxy) is 1. The molecule has 0 aliphatic carbocycles. The molecule has 3 N–H and O–H groups in total. The van der Waals surface area contributed by atoms with E-state index in [-0.39, 0.29) is 18.8 Å². The van der Waals surface area contributed by atoms with Crippen molar-refractivity contribution in [3.63, 3.8) is 0 Å². The van der Waals surface area contributed by atoms with Crippen LogP contribution in [0.5, 0.6) is 0 Å². The zero-order valence-corrected chi connectivity index (χ0v) is 10.2. The van der Waals surface area contributed by atoms with Gasteiger partial charge in [0.25, 0.3) is 0 Å². The van der Waals surface area contributed by atoms with Crippen molar-refractivity contribution in [2.75, 3.05) is 24.6 Å². The van der Waals surface area contributed by atoms with Crippen LogP contribution in [0.1, 0.15) is 12.5 Å². The van der Waals surface area contributed by atoms with Crippen LogP contribution in [-0.2, 0) is 11.3 Å². The van der Waals surface area contributed by atoms with Gasteiger partial charge in [0, 0.05) is 25.3 Å². The van der Waals surface area contributed by atoms with Crippen LogP contribution in [0.25, 0.3) is 0 Å². The molecule has 94 valence electrons. The summed E-state index contributed by atoms with van der Waals surface area (Å²) in [7, 11) is 0. The predicted molar refractivity (Wildman–Crippen MR) is 68.0 cm³/mol. The van der Waals surface area contributed by atoms with E-state index >= 15 is 0 Å². The lowest BCUT2D eigenvalue weighted by Gasteiger charge is -2.37. The topological polar surface area (TPSA) is 58.7 Å². The monoisotopic (exact) mass is 236 g/mol. The minimum absolute atomic E-state index is 0.0712. The van der Waals surface area contributed by atoms with Crippen LogP contribution in [0.15, 0.2) is 24.3 Å². The van der Waals surface area contributed by atoms with Gasteiger partial charge >= 0.3 is 0 Å². The summed E-state index contributed by atoms with van der Waals surface area (Å²) in [6, 6.07) is 8.25. The largest absolute Gasteiger partial charge is 0.394 e. The van der Waals surface area contributed by atoms with Crippen molar-refractivity contribution in [2.45, 2.75) is 25.7 Å².